The Bertz CT molecular complexity index is 635. The van der Waals surface area contributed by atoms with Gasteiger partial charge in [-0.1, -0.05) is 44.2 Å². The molecule has 0 bridgehead atoms. The minimum atomic E-state index is -0.209. The highest BCUT2D eigenvalue weighted by molar-refractivity contribution is 7.99. The van der Waals surface area contributed by atoms with Gasteiger partial charge in [-0.15, -0.1) is 24.2 Å². The summed E-state index contributed by atoms with van der Waals surface area (Å²) < 4.78 is 5.32. The van der Waals surface area contributed by atoms with Crippen molar-refractivity contribution < 1.29 is 9.21 Å². The van der Waals surface area contributed by atoms with Crippen molar-refractivity contribution in [3.63, 3.8) is 0 Å². The minimum Gasteiger partial charge on any atom is -0.468 e. The van der Waals surface area contributed by atoms with Crippen molar-refractivity contribution in [2.45, 2.75) is 44.5 Å². The maximum atomic E-state index is 12.8. The first-order valence-electron chi connectivity index (χ1n) is 9.20. The molecule has 27 heavy (non-hydrogen) atoms. The number of hydrogen-bond donors (Lipinski definition) is 2. The molecule has 1 aromatic carbocycles. The van der Waals surface area contributed by atoms with E-state index in [1.165, 1.54) is 0 Å². The van der Waals surface area contributed by atoms with Crippen LogP contribution < -0.4 is 11.1 Å². The van der Waals surface area contributed by atoms with E-state index in [1.807, 2.05) is 30.3 Å². The normalized spacial score (nSPS) is 13.2. The second kappa shape index (κ2) is 13.0. The average Bonchev–Trinajstić information content (AvgIpc) is 3.12. The van der Waals surface area contributed by atoms with E-state index >= 15 is 0 Å². The number of halogens is 1. The van der Waals surface area contributed by atoms with Crippen LogP contribution in [0.5, 0.6) is 0 Å². The Labute approximate surface area is 173 Å². The Hall–Kier alpha value is -1.27. The van der Waals surface area contributed by atoms with E-state index < -0.39 is 0 Å². The van der Waals surface area contributed by atoms with Crippen molar-refractivity contribution in [1.82, 2.24) is 5.32 Å². The van der Waals surface area contributed by atoms with Crippen LogP contribution in [0.1, 0.15) is 31.6 Å². The van der Waals surface area contributed by atoms with Gasteiger partial charge in [0.15, 0.2) is 5.78 Å². The predicted molar refractivity (Wildman–Crippen MR) is 116 cm³/mol. The van der Waals surface area contributed by atoms with E-state index in [2.05, 4.69) is 31.3 Å². The monoisotopic (exact) mass is 410 g/mol. The lowest BCUT2D eigenvalue weighted by atomic mass is 10.0. The lowest BCUT2D eigenvalue weighted by molar-refractivity contribution is -0.118. The van der Waals surface area contributed by atoms with Crippen LogP contribution in [0.25, 0.3) is 0 Å². The van der Waals surface area contributed by atoms with Crippen LogP contribution in [-0.2, 0) is 17.0 Å². The third-order valence-corrected chi connectivity index (χ3v) is 5.12. The summed E-state index contributed by atoms with van der Waals surface area (Å²) in [6.07, 6.45) is 3.30. The largest absolute Gasteiger partial charge is 0.468 e. The second-order valence-electron chi connectivity index (χ2n) is 7.08. The first-order chi connectivity index (χ1) is 12.5. The summed E-state index contributed by atoms with van der Waals surface area (Å²) in [4.78, 5) is 12.8. The van der Waals surface area contributed by atoms with Crippen molar-refractivity contribution in [3.05, 3.63) is 60.1 Å². The van der Waals surface area contributed by atoms with Crippen LogP contribution >= 0.6 is 24.2 Å². The summed E-state index contributed by atoms with van der Waals surface area (Å²) >= 11 is 1.59. The summed E-state index contributed by atoms with van der Waals surface area (Å²) in [7, 11) is 0. The fourth-order valence-electron chi connectivity index (χ4n) is 2.88. The number of Topliss-reactive ketones (excluding diaryl/α,β-unsaturated/α-hetero) is 1. The molecule has 0 radical (unpaired) electrons. The molecular formula is C21H31ClN2O2S. The number of carbonyl (C=O) groups is 1. The van der Waals surface area contributed by atoms with Crippen molar-refractivity contribution in [1.29, 1.82) is 0 Å². The fourth-order valence-corrected chi connectivity index (χ4v) is 3.75. The zero-order valence-electron chi connectivity index (χ0n) is 16.1. The molecule has 0 amide bonds. The van der Waals surface area contributed by atoms with Crippen LogP contribution in [0.2, 0.25) is 0 Å². The van der Waals surface area contributed by atoms with E-state index in [-0.39, 0.29) is 30.3 Å². The zero-order chi connectivity index (χ0) is 18.8. The first kappa shape index (κ1) is 23.8. The van der Waals surface area contributed by atoms with Crippen molar-refractivity contribution in [3.8, 4) is 0 Å². The second-order valence-corrected chi connectivity index (χ2v) is 8.06. The Balaban J connectivity index is 0.00000364. The number of benzene rings is 1. The molecule has 0 fully saturated rings. The SMILES string of the molecule is CC(C)CC(N)CNC(Cc1ccccc1)C(=O)CSCc1ccco1.Cl. The highest BCUT2D eigenvalue weighted by atomic mass is 35.5. The highest BCUT2D eigenvalue weighted by Crippen LogP contribution is 2.14. The molecule has 1 heterocycles. The van der Waals surface area contributed by atoms with Gasteiger partial charge >= 0.3 is 0 Å². The van der Waals surface area contributed by atoms with Crippen molar-refractivity contribution in [2.75, 3.05) is 12.3 Å². The van der Waals surface area contributed by atoms with Gasteiger partial charge < -0.3 is 15.5 Å². The number of rotatable bonds is 12. The number of carbonyl (C=O) groups excluding carboxylic acids is 1. The Morgan fingerprint density at radius 2 is 1.93 bits per heavy atom. The number of furan rings is 1. The third-order valence-electron chi connectivity index (χ3n) is 4.14. The quantitative estimate of drug-likeness (QED) is 0.551. The number of hydrogen-bond acceptors (Lipinski definition) is 5. The van der Waals surface area contributed by atoms with E-state index in [1.54, 1.807) is 18.0 Å². The molecule has 0 aliphatic rings. The Kier molecular flexibility index (Phi) is 11.4. The summed E-state index contributed by atoms with van der Waals surface area (Å²) in [6.45, 7) is 4.99. The molecule has 0 aliphatic carbocycles. The average molecular weight is 411 g/mol. The van der Waals surface area contributed by atoms with Crippen LogP contribution in [0, 0.1) is 5.92 Å². The van der Waals surface area contributed by atoms with Gasteiger partial charge in [-0.25, -0.2) is 0 Å². The molecule has 0 saturated heterocycles. The van der Waals surface area contributed by atoms with Crippen molar-refractivity contribution in [2.24, 2.45) is 11.7 Å². The predicted octanol–water partition coefficient (Wildman–Crippen LogP) is 4.08. The third kappa shape index (κ3) is 9.47. The molecule has 0 spiro atoms. The first-order valence-corrected chi connectivity index (χ1v) is 10.4. The van der Waals surface area contributed by atoms with E-state index in [0.29, 0.717) is 30.4 Å². The summed E-state index contributed by atoms with van der Waals surface area (Å²) in [6, 6.07) is 13.8. The van der Waals surface area contributed by atoms with Gasteiger partial charge in [0.2, 0.25) is 0 Å². The molecule has 0 saturated carbocycles. The Morgan fingerprint density at radius 1 is 1.19 bits per heavy atom. The molecule has 6 heteroatoms. The molecule has 4 nitrogen and oxygen atoms in total. The molecule has 2 unspecified atom stereocenters. The maximum absolute atomic E-state index is 12.8. The van der Waals surface area contributed by atoms with Crippen molar-refractivity contribution >= 4 is 30.0 Å². The molecule has 3 N–H and O–H groups in total. The Morgan fingerprint density at radius 3 is 2.56 bits per heavy atom. The standard InChI is InChI=1S/C21H30N2O2S.ClH/c1-16(2)11-18(22)13-23-20(12-17-7-4-3-5-8-17)21(24)15-26-14-19-9-6-10-25-19;/h3-10,16,18,20,23H,11-15,22H2,1-2H3;1H. The van der Waals surface area contributed by atoms with Crippen LogP contribution in [-0.4, -0.2) is 30.2 Å². The molecule has 2 atom stereocenters. The smallest absolute Gasteiger partial charge is 0.159 e. The number of nitrogens with one attached hydrogen (secondary N) is 1. The lowest BCUT2D eigenvalue weighted by Gasteiger charge is -2.21. The van der Waals surface area contributed by atoms with Gasteiger partial charge in [0, 0.05) is 12.6 Å². The van der Waals surface area contributed by atoms with E-state index in [4.69, 9.17) is 10.2 Å². The zero-order valence-corrected chi connectivity index (χ0v) is 17.7. The lowest BCUT2D eigenvalue weighted by Crippen LogP contribution is -2.45. The molecule has 1 aromatic heterocycles. The number of thioether (sulfide) groups is 1. The van der Waals surface area contributed by atoms with Gasteiger partial charge in [-0.3, -0.25) is 4.79 Å². The summed E-state index contributed by atoms with van der Waals surface area (Å²) in [5, 5.41) is 3.41. The molecular weight excluding hydrogens is 380 g/mol. The highest BCUT2D eigenvalue weighted by Gasteiger charge is 2.20. The minimum absolute atomic E-state index is 0. The van der Waals surface area contributed by atoms with Gasteiger partial charge in [-0.05, 0) is 36.5 Å². The van der Waals surface area contributed by atoms with E-state index in [9.17, 15) is 4.79 Å². The number of ketones is 1. The van der Waals surface area contributed by atoms with Gasteiger partial charge in [0.05, 0.1) is 23.8 Å². The van der Waals surface area contributed by atoms with Gasteiger partial charge in [-0.2, -0.15) is 0 Å². The van der Waals surface area contributed by atoms with Crippen LogP contribution in [0.4, 0.5) is 0 Å². The maximum Gasteiger partial charge on any atom is 0.159 e. The van der Waals surface area contributed by atoms with Gasteiger partial charge in [0.25, 0.3) is 0 Å². The van der Waals surface area contributed by atoms with Gasteiger partial charge in [0.1, 0.15) is 5.76 Å². The number of nitrogens with two attached hydrogens (primary N) is 1. The van der Waals surface area contributed by atoms with Crippen LogP contribution in [0.15, 0.2) is 53.1 Å². The molecule has 0 aliphatic heterocycles. The summed E-state index contributed by atoms with van der Waals surface area (Å²) in [5.74, 6) is 2.84. The molecule has 150 valence electrons. The summed E-state index contributed by atoms with van der Waals surface area (Å²) in [5.41, 5.74) is 7.35. The van der Waals surface area contributed by atoms with Crippen LogP contribution in [0.3, 0.4) is 0 Å². The fraction of sp³-hybridized carbons (Fsp3) is 0.476. The molecule has 2 aromatic rings. The molecule has 2 rings (SSSR count). The topological polar surface area (TPSA) is 68.3 Å². The van der Waals surface area contributed by atoms with E-state index in [0.717, 1.165) is 17.7 Å².